The summed E-state index contributed by atoms with van der Waals surface area (Å²) in [6.45, 7) is 4.33. The molecule has 1 aromatic rings. The third kappa shape index (κ3) is 2.38. The van der Waals surface area contributed by atoms with Crippen LogP contribution in [-0.4, -0.2) is 39.6 Å². The minimum absolute atomic E-state index is 0.162. The van der Waals surface area contributed by atoms with Crippen molar-refractivity contribution in [3.8, 4) is 0 Å². The number of nitrogens with one attached hydrogen (secondary N) is 1. The molecule has 0 bridgehead atoms. The molecule has 0 aromatic carbocycles. The van der Waals surface area contributed by atoms with Crippen molar-refractivity contribution in [1.82, 2.24) is 20.0 Å². The first kappa shape index (κ1) is 13.9. The highest BCUT2D eigenvalue weighted by molar-refractivity contribution is 5.80. The van der Waals surface area contributed by atoms with Gasteiger partial charge < -0.3 is 15.3 Å². The van der Waals surface area contributed by atoms with E-state index in [0.29, 0.717) is 6.42 Å². The first-order valence-electron chi connectivity index (χ1n) is 7.26. The molecule has 3 rings (SSSR count). The number of hydrogen-bond donors (Lipinski definition) is 2. The van der Waals surface area contributed by atoms with E-state index >= 15 is 0 Å². The number of rotatable bonds is 4. The van der Waals surface area contributed by atoms with Crippen LogP contribution in [0, 0.1) is 0 Å². The minimum atomic E-state index is -0.184. The Kier molecular flexibility index (Phi) is 3.37. The topological polar surface area (TPSA) is 53.3 Å². The molecule has 21 heavy (non-hydrogen) atoms. The molecule has 5 nitrogen and oxygen atoms in total. The van der Waals surface area contributed by atoms with E-state index in [4.69, 9.17) is 0 Å². The zero-order valence-corrected chi connectivity index (χ0v) is 12.7. The van der Waals surface area contributed by atoms with Gasteiger partial charge in [0.15, 0.2) is 0 Å². The quantitative estimate of drug-likeness (QED) is 0.884. The van der Waals surface area contributed by atoms with E-state index in [9.17, 15) is 5.11 Å². The predicted octanol–water partition coefficient (Wildman–Crippen LogP) is 1.66. The Bertz CT molecular complexity index is 624. The van der Waals surface area contributed by atoms with Crippen molar-refractivity contribution in [2.24, 2.45) is 0 Å². The van der Waals surface area contributed by atoms with Gasteiger partial charge in [-0.2, -0.15) is 5.10 Å². The summed E-state index contributed by atoms with van der Waals surface area (Å²) in [4.78, 5) is 2.15. The van der Waals surface area contributed by atoms with Crippen molar-refractivity contribution in [1.29, 1.82) is 0 Å². The molecule has 0 radical (unpaired) electrons. The highest BCUT2D eigenvalue weighted by atomic mass is 16.3. The van der Waals surface area contributed by atoms with Gasteiger partial charge in [0.05, 0.1) is 11.7 Å². The summed E-state index contributed by atoms with van der Waals surface area (Å²) in [7, 11) is 2.06. The molecule has 0 spiro atoms. The highest BCUT2D eigenvalue weighted by Gasteiger charge is 2.26. The van der Waals surface area contributed by atoms with Crippen LogP contribution < -0.4 is 5.32 Å². The maximum absolute atomic E-state index is 9.19. The fraction of sp³-hybridized carbons (Fsp3) is 0.438. The Labute approximate surface area is 125 Å². The molecule has 0 fully saturated rings. The number of fused-ring (bicyclic) bond motifs is 1. The molecule has 3 heterocycles. The average Bonchev–Trinajstić information content (AvgIpc) is 3.08. The van der Waals surface area contributed by atoms with Crippen LogP contribution in [0.3, 0.4) is 0 Å². The van der Waals surface area contributed by atoms with Crippen molar-refractivity contribution in [3.63, 3.8) is 0 Å². The lowest BCUT2D eigenvalue weighted by atomic mass is 9.98. The van der Waals surface area contributed by atoms with Crippen molar-refractivity contribution in [2.75, 3.05) is 13.7 Å². The van der Waals surface area contributed by atoms with Gasteiger partial charge in [0.2, 0.25) is 0 Å². The first-order valence-corrected chi connectivity index (χ1v) is 7.26. The molecule has 2 aliphatic heterocycles. The molecule has 2 N–H and O–H groups in total. The lowest BCUT2D eigenvalue weighted by Crippen LogP contribution is -2.37. The maximum Gasteiger partial charge on any atom is 0.125 e. The van der Waals surface area contributed by atoms with E-state index in [2.05, 4.69) is 60.8 Å². The van der Waals surface area contributed by atoms with E-state index in [0.717, 1.165) is 5.56 Å². The standard InChI is InChI=1S/C16H22N4O/c1-16(2,6-9-21)20-11-12(10-18-20)13-5-8-19(3)15-14(13)4-7-17-15/h4-5,7-8,10-11,15,17,21H,6,9H2,1-3H3. The van der Waals surface area contributed by atoms with Crippen molar-refractivity contribution < 1.29 is 5.11 Å². The Morgan fingerprint density at radius 2 is 2.19 bits per heavy atom. The Balaban J connectivity index is 1.95. The molecule has 1 atom stereocenters. The molecule has 1 aromatic heterocycles. The summed E-state index contributed by atoms with van der Waals surface area (Å²) in [5, 5.41) is 17.0. The summed E-state index contributed by atoms with van der Waals surface area (Å²) >= 11 is 0. The van der Waals surface area contributed by atoms with Crippen LogP contribution in [0.2, 0.25) is 0 Å². The number of nitrogens with zero attached hydrogens (tertiary/aromatic N) is 3. The van der Waals surface area contributed by atoms with Gasteiger partial charge >= 0.3 is 0 Å². The lowest BCUT2D eigenvalue weighted by molar-refractivity contribution is 0.201. The molecule has 0 saturated heterocycles. The van der Waals surface area contributed by atoms with Crippen LogP contribution in [0.1, 0.15) is 25.8 Å². The van der Waals surface area contributed by atoms with Crippen LogP contribution in [0.5, 0.6) is 0 Å². The van der Waals surface area contributed by atoms with Crippen molar-refractivity contribution >= 4 is 5.57 Å². The van der Waals surface area contributed by atoms with Crippen LogP contribution >= 0.6 is 0 Å². The molecule has 2 aliphatic rings. The Morgan fingerprint density at radius 3 is 2.95 bits per heavy atom. The summed E-state index contributed by atoms with van der Waals surface area (Å²) in [5.74, 6) is 0. The van der Waals surface area contributed by atoms with E-state index in [1.807, 2.05) is 17.1 Å². The molecular formula is C16H22N4O. The van der Waals surface area contributed by atoms with Gasteiger partial charge in [-0.25, -0.2) is 0 Å². The van der Waals surface area contributed by atoms with E-state index in [1.54, 1.807) is 0 Å². The van der Waals surface area contributed by atoms with Gasteiger partial charge in [0.1, 0.15) is 6.17 Å². The largest absolute Gasteiger partial charge is 0.396 e. The minimum Gasteiger partial charge on any atom is -0.396 e. The van der Waals surface area contributed by atoms with Crippen LogP contribution in [0.4, 0.5) is 0 Å². The highest BCUT2D eigenvalue weighted by Crippen LogP contribution is 2.31. The second-order valence-electron chi connectivity index (χ2n) is 6.21. The second-order valence-corrected chi connectivity index (χ2v) is 6.21. The fourth-order valence-corrected chi connectivity index (χ4v) is 2.80. The summed E-state index contributed by atoms with van der Waals surface area (Å²) in [6.07, 6.45) is 13.2. The molecule has 112 valence electrons. The molecule has 0 aliphatic carbocycles. The van der Waals surface area contributed by atoms with Crippen LogP contribution in [0.15, 0.2) is 42.5 Å². The van der Waals surface area contributed by atoms with Crippen molar-refractivity contribution in [2.45, 2.75) is 32.0 Å². The maximum atomic E-state index is 9.19. The zero-order chi connectivity index (χ0) is 15.0. The normalized spacial score (nSPS) is 21.0. The predicted molar refractivity (Wildman–Crippen MR) is 83.1 cm³/mol. The fourth-order valence-electron chi connectivity index (χ4n) is 2.80. The number of aromatic nitrogens is 2. The zero-order valence-electron chi connectivity index (χ0n) is 12.7. The number of likely N-dealkylation sites (N-methyl/N-ethyl adjacent to an activating group) is 1. The van der Waals surface area contributed by atoms with Gasteiger partial charge in [-0.3, -0.25) is 4.68 Å². The molecule has 5 heteroatoms. The van der Waals surface area contributed by atoms with Gasteiger partial charge in [-0.1, -0.05) is 0 Å². The Morgan fingerprint density at radius 1 is 1.38 bits per heavy atom. The third-order valence-electron chi connectivity index (χ3n) is 4.24. The van der Waals surface area contributed by atoms with E-state index in [-0.39, 0.29) is 18.3 Å². The second kappa shape index (κ2) is 5.07. The molecular weight excluding hydrogens is 264 g/mol. The number of aliphatic hydroxyl groups excluding tert-OH is 1. The van der Waals surface area contributed by atoms with Crippen molar-refractivity contribution in [3.05, 3.63) is 48.1 Å². The average molecular weight is 286 g/mol. The Hall–Kier alpha value is -2.01. The van der Waals surface area contributed by atoms with Crippen LogP contribution in [-0.2, 0) is 5.54 Å². The first-order chi connectivity index (χ1) is 10.0. The monoisotopic (exact) mass is 286 g/mol. The lowest BCUT2D eigenvalue weighted by Gasteiger charge is -2.29. The van der Waals surface area contributed by atoms with E-state index in [1.165, 1.54) is 11.1 Å². The number of allylic oxidation sites excluding steroid dienone is 2. The number of hydrogen-bond acceptors (Lipinski definition) is 4. The van der Waals surface area contributed by atoms with Gasteiger partial charge in [-0.05, 0) is 44.2 Å². The molecule has 0 saturated carbocycles. The van der Waals surface area contributed by atoms with Gasteiger partial charge in [0.25, 0.3) is 0 Å². The SMILES string of the molecule is CN1C=CC(c2cnn(C(C)(C)CCO)c2)=C2C=CNC21. The summed E-state index contributed by atoms with van der Waals surface area (Å²) in [6, 6.07) is 0. The third-order valence-corrected chi connectivity index (χ3v) is 4.24. The summed E-state index contributed by atoms with van der Waals surface area (Å²) < 4.78 is 1.94. The van der Waals surface area contributed by atoms with Gasteiger partial charge in [-0.15, -0.1) is 0 Å². The van der Waals surface area contributed by atoms with E-state index < -0.39 is 0 Å². The van der Waals surface area contributed by atoms with Gasteiger partial charge in [0, 0.05) is 37.2 Å². The van der Waals surface area contributed by atoms with Crippen LogP contribution in [0.25, 0.3) is 5.57 Å². The molecule has 0 amide bonds. The number of aliphatic hydroxyl groups is 1. The smallest absolute Gasteiger partial charge is 0.125 e. The summed E-state index contributed by atoms with van der Waals surface area (Å²) in [5.41, 5.74) is 3.39. The molecule has 1 unspecified atom stereocenters.